The summed E-state index contributed by atoms with van der Waals surface area (Å²) in [6, 6.07) is 13.0. The molecule has 0 radical (unpaired) electrons. The van der Waals surface area contributed by atoms with Crippen LogP contribution in [0, 0.1) is 0 Å². The molecule has 0 aliphatic heterocycles. The van der Waals surface area contributed by atoms with Crippen LogP contribution in [0.1, 0.15) is 16.1 Å². The predicted molar refractivity (Wildman–Crippen MR) is 89.1 cm³/mol. The molecule has 1 amide bonds. The number of nitrogens with one attached hydrogen (secondary N) is 3. The number of pyridine rings is 1. The number of nitrogens with zero attached hydrogens (tertiary/aromatic N) is 3. The van der Waals surface area contributed by atoms with Crippen LogP contribution in [0.15, 0.2) is 54.9 Å². The van der Waals surface area contributed by atoms with Crippen molar-refractivity contribution < 1.29 is 4.79 Å². The number of carbonyl (C=O) groups excluding carboxylic acids is 1. The van der Waals surface area contributed by atoms with Crippen LogP contribution in [-0.2, 0) is 6.54 Å². The van der Waals surface area contributed by atoms with Gasteiger partial charge in [-0.2, -0.15) is 10.2 Å². The quantitative estimate of drug-likeness (QED) is 0.537. The van der Waals surface area contributed by atoms with E-state index < -0.39 is 0 Å². The van der Waals surface area contributed by atoms with Crippen molar-refractivity contribution in [1.29, 1.82) is 0 Å². The van der Waals surface area contributed by atoms with Gasteiger partial charge in [-0.1, -0.05) is 12.1 Å². The minimum atomic E-state index is -0.141. The number of amides is 1. The fourth-order valence-corrected chi connectivity index (χ4v) is 2.53. The van der Waals surface area contributed by atoms with E-state index in [0.717, 1.165) is 22.3 Å². The number of fused-ring (bicyclic) bond motifs is 1. The minimum absolute atomic E-state index is 0.141. The topological polar surface area (TPSA) is 99.3 Å². The molecule has 0 fully saturated rings. The van der Waals surface area contributed by atoms with E-state index in [4.69, 9.17) is 0 Å². The largest absolute Gasteiger partial charge is 0.346 e. The monoisotopic (exact) mass is 318 g/mol. The lowest BCUT2D eigenvalue weighted by molar-refractivity contribution is 0.0950. The highest BCUT2D eigenvalue weighted by atomic mass is 16.1. The summed E-state index contributed by atoms with van der Waals surface area (Å²) in [7, 11) is 0. The van der Waals surface area contributed by atoms with E-state index >= 15 is 0 Å². The Labute approximate surface area is 137 Å². The molecular formula is C17H14N6O. The smallest absolute Gasteiger partial charge is 0.251 e. The summed E-state index contributed by atoms with van der Waals surface area (Å²) in [6.07, 6.45) is 3.38. The normalized spacial score (nSPS) is 10.8. The van der Waals surface area contributed by atoms with Crippen LogP contribution in [0.2, 0.25) is 0 Å². The van der Waals surface area contributed by atoms with E-state index in [9.17, 15) is 4.79 Å². The maximum Gasteiger partial charge on any atom is 0.251 e. The number of aromatic nitrogens is 5. The number of H-pyrrole nitrogens is 2. The van der Waals surface area contributed by atoms with Crippen molar-refractivity contribution in [3.05, 3.63) is 66.1 Å². The maximum absolute atomic E-state index is 12.3. The highest BCUT2D eigenvalue weighted by Gasteiger charge is 2.09. The van der Waals surface area contributed by atoms with Gasteiger partial charge >= 0.3 is 0 Å². The van der Waals surface area contributed by atoms with E-state index in [1.807, 2.05) is 30.3 Å². The molecule has 3 heterocycles. The SMILES string of the molecule is O=C(NCc1[nH]nc2ncccc12)c1ccc(-c2ccn[nH]2)cc1. The Morgan fingerprint density at radius 3 is 2.71 bits per heavy atom. The van der Waals surface area contributed by atoms with Gasteiger partial charge in [0.1, 0.15) is 0 Å². The van der Waals surface area contributed by atoms with Gasteiger partial charge in [-0.3, -0.25) is 15.0 Å². The first-order chi connectivity index (χ1) is 11.8. The van der Waals surface area contributed by atoms with Crippen molar-refractivity contribution in [2.24, 2.45) is 0 Å². The summed E-state index contributed by atoms with van der Waals surface area (Å²) >= 11 is 0. The van der Waals surface area contributed by atoms with E-state index in [2.05, 4.69) is 30.7 Å². The molecular weight excluding hydrogens is 304 g/mol. The Balaban J connectivity index is 1.46. The van der Waals surface area contributed by atoms with Crippen molar-refractivity contribution in [1.82, 2.24) is 30.7 Å². The van der Waals surface area contributed by atoms with E-state index in [1.165, 1.54) is 0 Å². The van der Waals surface area contributed by atoms with Crippen molar-refractivity contribution in [2.45, 2.75) is 6.54 Å². The van der Waals surface area contributed by atoms with E-state index in [1.54, 1.807) is 24.5 Å². The average molecular weight is 318 g/mol. The molecule has 3 aromatic heterocycles. The molecule has 0 bridgehead atoms. The van der Waals surface area contributed by atoms with Crippen LogP contribution in [0.5, 0.6) is 0 Å². The predicted octanol–water partition coefficient (Wildman–Crippen LogP) is 2.28. The molecule has 0 spiro atoms. The van der Waals surface area contributed by atoms with Gasteiger partial charge in [-0.05, 0) is 35.9 Å². The Morgan fingerprint density at radius 1 is 1.04 bits per heavy atom. The fourth-order valence-electron chi connectivity index (χ4n) is 2.53. The highest BCUT2D eigenvalue weighted by Crippen LogP contribution is 2.17. The molecule has 1 aromatic carbocycles. The fraction of sp³-hybridized carbons (Fsp3) is 0.0588. The van der Waals surface area contributed by atoms with Gasteiger partial charge < -0.3 is 5.32 Å². The molecule has 0 saturated heterocycles. The summed E-state index contributed by atoms with van der Waals surface area (Å²) in [5.74, 6) is -0.141. The zero-order valence-corrected chi connectivity index (χ0v) is 12.7. The summed E-state index contributed by atoms with van der Waals surface area (Å²) in [5.41, 5.74) is 3.97. The number of hydrogen-bond acceptors (Lipinski definition) is 4. The Bertz CT molecular complexity index is 972. The molecule has 0 aliphatic carbocycles. The molecule has 7 nitrogen and oxygen atoms in total. The lowest BCUT2D eigenvalue weighted by Gasteiger charge is -2.05. The van der Waals surface area contributed by atoms with Crippen LogP contribution in [0.3, 0.4) is 0 Å². The van der Waals surface area contributed by atoms with Crippen molar-refractivity contribution in [2.75, 3.05) is 0 Å². The molecule has 4 rings (SSSR count). The van der Waals surface area contributed by atoms with Gasteiger partial charge in [-0.15, -0.1) is 0 Å². The first-order valence-electron chi connectivity index (χ1n) is 7.47. The number of aromatic amines is 2. The standard InChI is InChI=1S/C17H14N6O/c24-17(12-5-3-11(4-6-12)14-7-9-20-21-14)19-10-15-13-2-1-8-18-16(13)23-22-15/h1-9H,10H2,(H,19,24)(H,20,21)(H,18,22,23). The summed E-state index contributed by atoms with van der Waals surface area (Å²) in [5, 5.41) is 17.6. The zero-order valence-electron chi connectivity index (χ0n) is 12.7. The van der Waals surface area contributed by atoms with Gasteiger partial charge in [0.15, 0.2) is 5.65 Å². The number of benzene rings is 1. The third-order valence-corrected chi connectivity index (χ3v) is 3.79. The van der Waals surface area contributed by atoms with E-state index in [-0.39, 0.29) is 5.91 Å². The van der Waals surface area contributed by atoms with Crippen molar-refractivity contribution in [3.8, 4) is 11.3 Å². The van der Waals surface area contributed by atoms with Crippen LogP contribution >= 0.6 is 0 Å². The van der Waals surface area contributed by atoms with Crippen molar-refractivity contribution >= 4 is 16.9 Å². The first kappa shape index (κ1) is 14.1. The van der Waals surface area contributed by atoms with Crippen LogP contribution in [0.25, 0.3) is 22.3 Å². The summed E-state index contributed by atoms with van der Waals surface area (Å²) in [6.45, 7) is 0.364. The third-order valence-electron chi connectivity index (χ3n) is 3.79. The maximum atomic E-state index is 12.3. The number of carbonyl (C=O) groups is 1. The van der Waals surface area contributed by atoms with Gasteiger partial charge in [0, 0.05) is 23.3 Å². The van der Waals surface area contributed by atoms with Gasteiger partial charge in [0.25, 0.3) is 5.91 Å². The van der Waals surface area contributed by atoms with Crippen molar-refractivity contribution in [3.63, 3.8) is 0 Å². The minimum Gasteiger partial charge on any atom is -0.346 e. The molecule has 7 heteroatoms. The third kappa shape index (κ3) is 2.63. The van der Waals surface area contributed by atoms with Crippen LogP contribution in [0.4, 0.5) is 0 Å². The molecule has 4 aromatic rings. The van der Waals surface area contributed by atoms with Gasteiger partial charge in [-0.25, -0.2) is 4.98 Å². The summed E-state index contributed by atoms with van der Waals surface area (Å²) in [4.78, 5) is 16.5. The van der Waals surface area contributed by atoms with E-state index in [0.29, 0.717) is 17.8 Å². The van der Waals surface area contributed by atoms with Crippen LogP contribution in [-0.4, -0.2) is 31.3 Å². The lowest BCUT2D eigenvalue weighted by atomic mass is 10.1. The molecule has 0 atom stereocenters. The first-order valence-corrected chi connectivity index (χ1v) is 7.47. The number of hydrogen-bond donors (Lipinski definition) is 3. The van der Waals surface area contributed by atoms with Crippen LogP contribution < -0.4 is 5.32 Å². The molecule has 0 unspecified atom stereocenters. The Kier molecular flexibility index (Phi) is 3.51. The molecule has 3 N–H and O–H groups in total. The zero-order chi connectivity index (χ0) is 16.4. The molecule has 0 aliphatic rings. The average Bonchev–Trinajstić information content (AvgIpc) is 3.30. The second-order valence-corrected chi connectivity index (χ2v) is 5.31. The molecule has 0 saturated carbocycles. The lowest BCUT2D eigenvalue weighted by Crippen LogP contribution is -2.23. The Morgan fingerprint density at radius 2 is 1.92 bits per heavy atom. The van der Waals surface area contributed by atoms with Gasteiger partial charge in [0.2, 0.25) is 0 Å². The highest BCUT2D eigenvalue weighted by molar-refractivity contribution is 5.94. The molecule has 118 valence electrons. The van der Waals surface area contributed by atoms with Gasteiger partial charge in [0.05, 0.1) is 17.9 Å². The number of rotatable bonds is 4. The second-order valence-electron chi connectivity index (χ2n) is 5.31. The molecule has 24 heavy (non-hydrogen) atoms. The second kappa shape index (κ2) is 5.96. The Hall–Kier alpha value is -3.48. The summed E-state index contributed by atoms with van der Waals surface area (Å²) < 4.78 is 0.